The van der Waals surface area contributed by atoms with E-state index in [0.717, 1.165) is 5.56 Å². The van der Waals surface area contributed by atoms with Crippen LogP contribution in [-0.2, 0) is 0 Å². The van der Waals surface area contributed by atoms with E-state index in [0.29, 0.717) is 5.56 Å². The van der Waals surface area contributed by atoms with Crippen molar-refractivity contribution in [3.63, 3.8) is 0 Å². The molecule has 0 aromatic heterocycles. The molecule has 0 aliphatic carbocycles. The lowest BCUT2D eigenvalue weighted by molar-refractivity contribution is -0.384. The largest absolute Gasteiger partial charge is 0.285 e. The van der Waals surface area contributed by atoms with Crippen LogP contribution in [0.2, 0.25) is 0 Å². The van der Waals surface area contributed by atoms with Crippen LogP contribution in [0.15, 0.2) is 48.5 Å². The number of hydrogen-bond donors (Lipinski definition) is 0. The molecule has 2 rings (SSSR count). The van der Waals surface area contributed by atoms with Crippen molar-refractivity contribution in [1.29, 1.82) is 0 Å². The fourth-order valence-corrected chi connectivity index (χ4v) is 1.70. The fourth-order valence-electron chi connectivity index (χ4n) is 1.70. The molecule has 0 amide bonds. The lowest BCUT2D eigenvalue weighted by atomic mass is 10.0. The molecule has 0 atom stereocenters. The van der Waals surface area contributed by atoms with E-state index >= 15 is 0 Å². The Kier molecular flexibility index (Phi) is 6.13. The molecule has 0 bridgehead atoms. The molecule has 114 valence electrons. The quantitative estimate of drug-likeness (QED) is 0.370. The van der Waals surface area contributed by atoms with Gasteiger partial charge in [-0.1, -0.05) is 43.7 Å². The number of aryl methyl sites for hydroxylation is 1. The van der Waals surface area contributed by atoms with Crippen LogP contribution >= 0.6 is 0 Å². The summed E-state index contributed by atoms with van der Waals surface area (Å²) >= 11 is 0. The summed E-state index contributed by atoms with van der Waals surface area (Å²) in [5, 5.41) is 10.5. The van der Waals surface area contributed by atoms with E-state index in [1.165, 1.54) is 24.3 Å². The average molecular weight is 299 g/mol. The van der Waals surface area contributed by atoms with E-state index in [-0.39, 0.29) is 11.3 Å². The number of nitro benzene ring substituents is 1. The Morgan fingerprint density at radius 3 is 1.55 bits per heavy atom. The van der Waals surface area contributed by atoms with Gasteiger partial charge >= 0.3 is 0 Å². The van der Waals surface area contributed by atoms with E-state index in [1.54, 1.807) is 24.3 Å². The molecule has 0 saturated carbocycles. The van der Waals surface area contributed by atoms with Crippen LogP contribution in [0.1, 0.15) is 40.1 Å². The van der Waals surface area contributed by atoms with Crippen molar-refractivity contribution >= 4 is 17.3 Å². The predicted molar refractivity (Wildman–Crippen MR) is 84.3 cm³/mol. The lowest BCUT2D eigenvalue weighted by Gasteiger charge is -2.01. The zero-order chi connectivity index (χ0) is 16.7. The van der Waals surface area contributed by atoms with Crippen molar-refractivity contribution in [3.8, 4) is 0 Å². The standard InChI is InChI=1S/C15H11NO4.C2H6/c1-10-2-4-11(5-3-10)14(17)15(18)12-6-8-13(9-7-12)16(19)20;1-2/h2-9H,1H3;1-2H3. The number of benzene rings is 2. The highest BCUT2D eigenvalue weighted by atomic mass is 16.6. The van der Waals surface area contributed by atoms with Crippen LogP contribution in [-0.4, -0.2) is 16.5 Å². The first kappa shape index (κ1) is 17.2. The number of Topliss-reactive ketones (excluding diaryl/α,β-unsaturated/α-hetero) is 2. The number of ketones is 2. The van der Waals surface area contributed by atoms with Crippen LogP contribution in [0.4, 0.5) is 5.69 Å². The zero-order valence-electron chi connectivity index (χ0n) is 12.7. The first-order valence-corrected chi connectivity index (χ1v) is 6.89. The molecule has 0 saturated heterocycles. The first-order chi connectivity index (χ1) is 10.5. The van der Waals surface area contributed by atoms with E-state index in [1.807, 2.05) is 20.8 Å². The van der Waals surface area contributed by atoms with E-state index in [4.69, 9.17) is 0 Å². The Morgan fingerprint density at radius 2 is 1.18 bits per heavy atom. The van der Waals surface area contributed by atoms with Crippen molar-refractivity contribution in [2.24, 2.45) is 0 Å². The molecular formula is C17H17NO4. The van der Waals surface area contributed by atoms with Crippen LogP contribution < -0.4 is 0 Å². The third kappa shape index (κ3) is 4.09. The van der Waals surface area contributed by atoms with Gasteiger partial charge in [0.25, 0.3) is 5.69 Å². The SMILES string of the molecule is CC.Cc1ccc(C(=O)C(=O)c2ccc([N+](=O)[O-])cc2)cc1. The molecule has 0 aliphatic rings. The minimum Gasteiger partial charge on any atom is -0.285 e. The van der Waals surface area contributed by atoms with E-state index in [9.17, 15) is 19.7 Å². The Labute approximate surface area is 128 Å². The number of nitro groups is 1. The Balaban J connectivity index is 0.00000116. The molecule has 2 aromatic carbocycles. The number of carbonyl (C=O) groups excluding carboxylic acids is 2. The van der Waals surface area contributed by atoms with Gasteiger partial charge in [-0.25, -0.2) is 0 Å². The smallest absolute Gasteiger partial charge is 0.269 e. The summed E-state index contributed by atoms with van der Waals surface area (Å²) in [7, 11) is 0. The van der Waals surface area contributed by atoms with Crippen LogP contribution in [0, 0.1) is 17.0 Å². The van der Waals surface area contributed by atoms with Gasteiger partial charge in [-0.2, -0.15) is 0 Å². The number of rotatable bonds is 4. The Bertz CT molecular complexity index is 673. The van der Waals surface area contributed by atoms with Gasteiger partial charge in [-0.05, 0) is 19.1 Å². The molecule has 0 heterocycles. The second kappa shape index (κ2) is 7.83. The van der Waals surface area contributed by atoms with Gasteiger partial charge in [0, 0.05) is 23.3 Å². The zero-order valence-corrected chi connectivity index (χ0v) is 12.7. The fraction of sp³-hybridized carbons (Fsp3) is 0.176. The lowest BCUT2D eigenvalue weighted by Crippen LogP contribution is -2.14. The van der Waals surface area contributed by atoms with E-state index < -0.39 is 16.5 Å². The molecule has 0 unspecified atom stereocenters. The third-order valence-corrected chi connectivity index (χ3v) is 2.86. The summed E-state index contributed by atoms with van der Waals surface area (Å²) in [6.07, 6.45) is 0. The molecule has 0 radical (unpaired) electrons. The van der Waals surface area contributed by atoms with Crippen LogP contribution in [0.5, 0.6) is 0 Å². The summed E-state index contributed by atoms with van der Waals surface area (Å²) in [4.78, 5) is 33.9. The molecule has 0 aliphatic heterocycles. The molecule has 5 nitrogen and oxygen atoms in total. The molecule has 0 spiro atoms. The van der Waals surface area contributed by atoms with Crippen molar-refractivity contribution in [1.82, 2.24) is 0 Å². The van der Waals surface area contributed by atoms with Gasteiger partial charge in [0.1, 0.15) is 0 Å². The van der Waals surface area contributed by atoms with Crippen LogP contribution in [0.25, 0.3) is 0 Å². The number of nitrogens with zero attached hydrogens (tertiary/aromatic N) is 1. The normalized spacial score (nSPS) is 9.41. The number of hydrogen-bond acceptors (Lipinski definition) is 4. The highest BCUT2D eigenvalue weighted by Crippen LogP contribution is 2.14. The predicted octanol–water partition coefficient (Wildman–Crippen LogP) is 4.00. The maximum Gasteiger partial charge on any atom is 0.269 e. The molecular weight excluding hydrogens is 282 g/mol. The highest BCUT2D eigenvalue weighted by Gasteiger charge is 2.18. The van der Waals surface area contributed by atoms with Gasteiger partial charge in [0.2, 0.25) is 11.6 Å². The minimum absolute atomic E-state index is 0.121. The second-order valence-corrected chi connectivity index (χ2v) is 4.33. The summed E-state index contributed by atoms with van der Waals surface area (Å²) in [6.45, 7) is 5.88. The first-order valence-electron chi connectivity index (χ1n) is 6.89. The molecule has 5 heteroatoms. The third-order valence-electron chi connectivity index (χ3n) is 2.86. The summed E-state index contributed by atoms with van der Waals surface area (Å²) in [6, 6.07) is 11.6. The molecule has 22 heavy (non-hydrogen) atoms. The van der Waals surface area contributed by atoms with Crippen molar-refractivity contribution in [2.75, 3.05) is 0 Å². The maximum absolute atomic E-state index is 12.0. The van der Waals surface area contributed by atoms with Gasteiger partial charge in [0.15, 0.2) is 0 Å². The van der Waals surface area contributed by atoms with Crippen molar-refractivity contribution < 1.29 is 14.5 Å². The molecule has 0 N–H and O–H groups in total. The minimum atomic E-state index is -0.677. The second-order valence-electron chi connectivity index (χ2n) is 4.33. The number of non-ortho nitro benzene ring substituents is 1. The van der Waals surface area contributed by atoms with Crippen molar-refractivity contribution in [3.05, 3.63) is 75.3 Å². The summed E-state index contributed by atoms with van der Waals surface area (Å²) < 4.78 is 0. The highest BCUT2D eigenvalue weighted by molar-refractivity contribution is 6.49. The Hall–Kier alpha value is -2.82. The monoisotopic (exact) mass is 299 g/mol. The average Bonchev–Trinajstić information content (AvgIpc) is 2.56. The summed E-state index contributed by atoms with van der Waals surface area (Å²) in [5.74, 6) is -1.30. The number of carbonyl (C=O) groups is 2. The van der Waals surface area contributed by atoms with Crippen molar-refractivity contribution in [2.45, 2.75) is 20.8 Å². The molecule has 2 aromatic rings. The van der Waals surface area contributed by atoms with E-state index in [2.05, 4.69) is 0 Å². The summed E-state index contributed by atoms with van der Waals surface area (Å²) in [5.41, 5.74) is 1.31. The van der Waals surface area contributed by atoms with Gasteiger partial charge in [-0.15, -0.1) is 0 Å². The topological polar surface area (TPSA) is 77.3 Å². The molecule has 0 fully saturated rings. The van der Waals surface area contributed by atoms with Gasteiger partial charge in [0.05, 0.1) is 4.92 Å². The van der Waals surface area contributed by atoms with Gasteiger partial charge < -0.3 is 0 Å². The van der Waals surface area contributed by atoms with Gasteiger partial charge in [-0.3, -0.25) is 19.7 Å². The Morgan fingerprint density at radius 1 is 0.818 bits per heavy atom. The van der Waals surface area contributed by atoms with Crippen LogP contribution in [0.3, 0.4) is 0 Å². The maximum atomic E-state index is 12.0.